The third-order valence-corrected chi connectivity index (χ3v) is 4.04. The molecule has 1 aromatic carbocycles. The number of hydrogen-bond acceptors (Lipinski definition) is 3. The van der Waals surface area contributed by atoms with Gasteiger partial charge in [0.05, 0.1) is 13.2 Å². The summed E-state index contributed by atoms with van der Waals surface area (Å²) in [6.07, 6.45) is 1.87. The highest BCUT2D eigenvalue weighted by molar-refractivity contribution is 5.28. The summed E-state index contributed by atoms with van der Waals surface area (Å²) >= 11 is 0. The third kappa shape index (κ3) is 4.01. The zero-order chi connectivity index (χ0) is 14.4. The molecule has 0 amide bonds. The maximum absolute atomic E-state index is 13.4. The van der Waals surface area contributed by atoms with Gasteiger partial charge in [0.2, 0.25) is 0 Å². The van der Waals surface area contributed by atoms with Gasteiger partial charge in [-0.15, -0.1) is 0 Å². The molecule has 0 radical (unpaired) electrons. The first-order valence-corrected chi connectivity index (χ1v) is 7.18. The Morgan fingerprint density at radius 2 is 2.30 bits per heavy atom. The van der Waals surface area contributed by atoms with Crippen LogP contribution in [0.4, 0.5) is 4.39 Å². The SMILES string of the molecule is COCCNCC1(Cc2cc(F)ccc2C)CCOC1. The predicted octanol–water partition coefficient (Wildman–Crippen LogP) is 2.32. The molecule has 1 aliphatic rings. The molecule has 0 aromatic heterocycles. The van der Waals surface area contributed by atoms with Crippen LogP contribution in [0.1, 0.15) is 17.5 Å². The van der Waals surface area contributed by atoms with Gasteiger partial charge in [0, 0.05) is 32.2 Å². The van der Waals surface area contributed by atoms with E-state index in [0.717, 1.165) is 50.3 Å². The lowest BCUT2D eigenvalue weighted by atomic mass is 9.80. The molecule has 2 rings (SSSR count). The number of methoxy groups -OCH3 is 1. The van der Waals surface area contributed by atoms with Gasteiger partial charge in [0.25, 0.3) is 0 Å². The molecule has 0 spiro atoms. The minimum absolute atomic E-state index is 0.0757. The van der Waals surface area contributed by atoms with Gasteiger partial charge < -0.3 is 14.8 Å². The van der Waals surface area contributed by atoms with Gasteiger partial charge in [-0.05, 0) is 43.0 Å². The van der Waals surface area contributed by atoms with Gasteiger partial charge in [0.15, 0.2) is 0 Å². The van der Waals surface area contributed by atoms with E-state index in [9.17, 15) is 4.39 Å². The molecule has 20 heavy (non-hydrogen) atoms. The fourth-order valence-electron chi connectivity index (χ4n) is 2.75. The van der Waals surface area contributed by atoms with Crippen LogP contribution in [0, 0.1) is 18.2 Å². The van der Waals surface area contributed by atoms with Crippen molar-refractivity contribution in [3.8, 4) is 0 Å². The van der Waals surface area contributed by atoms with Crippen LogP contribution < -0.4 is 5.32 Å². The summed E-state index contributed by atoms with van der Waals surface area (Å²) in [5.41, 5.74) is 2.31. The van der Waals surface area contributed by atoms with Crippen LogP contribution in [0.5, 0.6) is 0 Å². The Bertz CT molecular complexity index is 430. The first-order valence-electron chi connectivity index (χ1n) is 7.18. The van der Waals surface area contributed by atoms with Gasteiger partial charge >= 0.3 is 0 Å². The Kier molecular flexibility index (Phi) is 5.52. The predicted molar refractivity (Wildman–Crippen MR) is 77.5 cm³/mol. The zero-order valence-electron chi connectivity index (χ0n) is 12.4. The number of rotatable bonds is 7. The molecular formula is C16H24FNO2. The van der Waals surface area contributed by atoms with E-state index in [1.807, 2.05) is 13.0 Å². The van der Waals surface area contributed by atoms with E-state index in [1.165, 1.54) is 6.07 Å². The standard InChI is InChI=1S/C16H24FNO2/c1-13-3-4-15(17)9-14(13)10-16(5-7-20-12-16)11-18-6-8-19-2/h3-4,9,18H,5-8,10-12H2,1-2H3. The second-order valence-corrected chi connectivity index (χ2v) is 5.72. The Morgan fingerprint density at radius 1 is 1.45 bits per heavy atom. The number of ether oxygens (including phenoxy) is 2. The lowest BCUT2D eigenvalue weighted by molar-refractivity contribution is 0.144. The van der Waals surface area contributed by atoms with Crippen LogP contribution in [0.2, 0.25) is 0 Å². The quantitative estimate of drug-likeness (QED) is 0.778. The summed E-state index contributed by atoms with van der Waals surface area (Å²) in [6, 6.07) is 5.03. The van der Waals surface area contributed by atoms with Crippen molar-refractivity contribution in [1.82, 2.24) is 5.32 Å². The van der Waals surface area contributed by atoms with Gasteiger partial charge in [0.1, 0.15) is 5.82 Å². The van der Waals surface area contributed by atoms with Crippen molar-refractivity contribution in [3.63, 3.8) is 0 Å². The molecule has 1 unspecified atom stereocenters. The Labute approximate surface area is 120 Å². The number of benzene rings is 1. The van der Waals surface area contributed by atoms with Crippen molar-refractivity contribution in [2.24, 2.45) is 5.41 Å². The molecule has 1 atom stereocenters. The second-order valence-electron chi connectivity index (χ2n) is 5.72. The van der Waals surface area contributed by atoms with Crippen molar-refractivity contribution in [2.45, 2.75) is 19.8 Å². The van der Waals surface area contributed by atoms with Crippen LogP contribution in [0.15, 0.2) is 18.2 Å². The molecule has 1 saturated heterocycles. The van der Waals surface area contributed by atoms with Crippen molar-refractivity contribution >= 4 is 0 Å². The highest BCUT2D eigenvalue weighted by Gasteiger charge is 2.35. The van der Waals surface area contributed by atoms with Crippen molar-refractivity contribution in [2.75, 3.05) is 40.0 Å². The average Bonchev–Trinajstić information content (AvgIpc) is 2.88. The van der Waals surface area contributed by atoms with E-state index in [2.05, 4.69) is 5.32 Å². The molecule has 0 saturated carbocycles. The fraction of sp³-hybridized carbons (Fsp3) is 0.625. The topological polar surface area (TPSA) is 30.5 Å². The molecule has 1 aromatic rings. The van der Waals surface area contributed by atoms with Gasteiger partial charge in [-0.3, -0.25) is 0 Å². The first kappa shape index (κ1) is 15.4. The summed E-state index contributed by atoms with van der Waals surface area (Å²) in [5.74, 6) is -0.160. The highest BCUT2D eigenvalue weighted by atomic mass is 19.1. The van der Waals surface area contributed by atoms with E-state index in [4.69, 9.17) is 9.47 Å². The number of hydrogen-bond donors (Lipinski definition) is 1. The van der Waals surface area contributed by atoms with E-state index in [1.54, 1.807) is 13.2 Å². The molecule has 1 heterocycles. The summed E-state index contributed by atoms with van der Waals surface area (Å²) in [5, 5.41) is 3.42. The second kappa shape index (κ2) is 7.16. The number of nitrogens with one attached hydrogen (secondary N) is 1. The average molecular weight is 281 g/mol. The summed E-state index contributed by atoms with van der Waals surface area (Å²) in [7, 11) is 1.70. The maximum Gasteiger partial charge on any atom is 0.123 e. The van der Waals surface area contributed by atoms with Crippen LogP contribution >= 0.6 is 0 Å². The minimum Gasteiger partial charge on any atom is -0.383 e. The molecule has 112 valence electrons. The minimum atomic E-state index is -0.160. The van der Waals surface area contributed by atoms with E-state index in [-0.39, 0.29) is 11.2 Å². The zero-order valence-corrected chi connectivity index (χ0v) is 12.4. The Morgan fingerprint density at radius 3 is 3.00 bits per heavy atom. The van der Waals surface area contributed by atoms with Crippen molar-refractivity contribution in [1.29, 1.82) is 0 Å². The van der Waals surface area contributed by atoms with E-state index >= 15 is 0 Å². The summed E-state index contributed by atoms with van der Waals surface area (Å²) < 4.78 is 24.1. The molecule has 3 nitrogen and oxygen atoms in total. The number of halogens is 1. The smallest absolute Gasteiger partial charge is 0.123 e. The molecule has 1 fully saturated rings. The molecule has 1 N–H and O–H groups in total. The highest BCUT2D eigenvalue weighted by Crippen LogP contribution is 2.33. The van der Waals surface area contributed by atoms with Crippen LogP contribution in [-0.2, 0) is 15.9 Å². The number of aryl methyl sites for hydroxylation is 1. The molecule has 0 aliphatic carbocycles. The normalized spacial score (nSPS) is 22.4. The first-order chi connectivity index (χ1) is 9.65. The van der Waals surface area contributed by atoms with E-state index in [0.29, 0.717) is 6.61 Å². The van der Waals surface area contributed by atoms with Crippen LogP contribution in [0.3, 0.4) is 0 Å². The fourth-order valence-corrected chi connectivity index (χ4v) is 2.75. The van der Waals surface area contributed by atoms with Crippen LogP contribution in [0.25, 0.3) is 0 Å². The molecule has 1 aliphatic heterocycles. The van der Waals surface area contributed by atoms with Crippen molar-refractivity contribution in [3.05, 3.63) is 35.1 Å². The summed E-state index contributed by atoms with van der Waals surface area (Å²) in [4.78, 5) is 0. The van der Waals surface area contributed by atoms with Gasteiger partial charge in [-0.25, -0.2) is 4.39 Å². The molecular weight excluding hydrogens is 257 g/mol. The maximum atomic E-state index is 13.4. The lowest BCUT2D eigenvalue weighted by Crippen LogP contribution is -2.38. The Balaban J connectivity index is 2.02. The molecule has 4 heteroatoms. The van der Waals surface area contributed by atoms with Crippen molar-refractivity contribution < 1.29 is 13.9 Å². The third-order valence-electron chi connectivity index (χ3n) is 4.04. The largest absolute Gasteiger partial charge is 0.383 e. The monoisotopic (exact) mass is 281 g/mol. The van der Waals surface area contributed by atoms with E-state index < -0.39 is 0 Å². The Hall–Kier alpha value is -0.970. The van der Waals surface area contributed by atoms with Gasteiger partial charge in [-0.2, -0.15) is 0 Å². The van der Waals surface area contributed by atoms with Crippen LogP contribution in [-0.4, -0.2) is 40.0 Å². The molecule has 0 bridgehead atoms. The van der Waals surface area contributed by atoms with Gasteiger partial charge in [-0.1, -0.05) is 6.07 Å². The lowest BCUT2D eigenvalue weighted by Gasteiger charge is -2.28. The summed E-state index contributed by atoms with van der Waals surface area (Å²) in [6.45, 7) is 5.99.